The van der Waals surface area contributed by atoms with Crippen LogP contribution in [0.25, 0.3) is 64.0 Å². The lowest BCUT2D eigenvalue weighted by molar-refractivity contribution is 0.768. The zero-order valence-electron chi connectivity index (χ0n) is 32.2. The monoisotopic (exact) mass is 767 g/mol. The molecular weight excluding hydrogens is 731 g/mol. The lowest BCUT2D eigenvalue weighted by Crippen LogP contribution is -2.28. The van der Waals surface area contributed by atoms with E-state index in [2.05, 4.69) is 229 Å². The number of nitrogens with zero attached hydrogens (tertiary/aromatic N) is 1. The van der Waals surface area contributed by atoms with Crippen LogP contribution in [0.1, 0.15) is 22.3 Å². The van der Waals surface area contributed by atoms with Crippen LogP contribution >= 0.6 is 11.3 Å². The molecule has 59 heavy (non-hydrogen) atoms. The molecule has 12 rings (SSSR count). The summed E-state index contributed by atoms with van der Waals surface area (Å²) in [6.45, 7) is 0. The second-order valence-corrected chi connectivity index (χ2v) is 16.7. The molecule has 0 saturated carbocycles. The third-order valence-electron chi connectivity index (χ3n) is 12.5. The Balaban J connectivity index is 1.04. The Hall–Kier alpha value is -7.26. The molecule has 10 aromatic carbocycles. The maximum atomic E-state index is 2.45. The molecule has 0 atom stereocenters. The van der Waals surface area contributed by atoms with Gasteiger partial charge in [0.1, 0.15) is 0 Å². The quantitative estimate of drug-likeness (QED) is 0.152. The minimum atomic E-state index is -0.454. The predicted molar refractivity (Wildman–Crippen MR) is 252 cm³/mol. The molecule has 0 radical (unpaired) electrons. The SMILES string of the molecule is c1ccc(C2(c3ccc(N(c4ccc(-c5ccc6sc7ccccc7c6c5)cc4)c4cc5ccccc5c5ccccc45)cc3)c3ccccc3-c3ccccc32)cc1. The van der Waals surface area contributed by atoms with Gasteiger partial charge in [-0.15, -0.1) is 11.3 Å². The van der Waals surface area contributed by atoms with Gasteiger partial charge in [-0.25, -0.2) is 0 Å². The van der Waals surface area contributed by atoms with Crippen molar-refractivity contribution in [3.63, 3.8) is 0 Å². The van der Waals surface area contributed by atoms with Gasteiger partial charge in [0.05, 0.1) is 11.1 Å². The van der Waals surface area contributed by atoms with E-state index in [0.717, 1.165) is 17.1 Å². The van der Waals surface area contributed by atoms with E-state index in [1.54, 1.807) is 0 Å². The topological polar surface area (TPSA) is 3.24 Å². The second kappa shape index (κ2) is 13.4. The molecule has 1 nitrogen and oxygen atoms in total. The molecule has 0 spiro atoms. The molecule has 1 aliphatic rings. The standard InChI is InChI=1S/C57H37NS/c1-2-15-41(16-3-1)57(52-23-11-8-19-47(52)48-20-9-12-24-53(48)57)42-29-33-44(34-30-42)58(54-37-40-14-4-5-17-45(40)46-18-6-7-21-49(46)54)43-31-26-38(27-32-43)39-28-35-56-51(36-39)50-22-10-13-25-55(50)59-56/h1-37H. The van der Waals surface area contributed by atoms with Crippen molar-refractivity contribution in [2.75, 3.05) is 4.90 Å². The molecule has 0 bridgehead atoms. The first-order valence-electron chi connectivity index (χ1n) is 20.3. The summed E-state index contributed by atoms with van der Waals surface area (Å²) in [6, 6.07) is 83.1. The van der Waals surface area contributed by atoms with Gasteiger partial charge in [0.25, 0.3) is 0 Å². The summed E-state index contributed by atoms with van der Waals surface area (Å²) in [5.74, 6) is 0. The number of benzene rings is 10. The molecule has 0 fully saturated rings. The fraction of sp³-hybridized carbons (Fsp3) is 0.0175. The average molecular weight is 768 g/mol. The highest BCUT2D eigenvalue weighted by Crippen LogP contribution is 2.56. The van der Waals surface area contributed by atoms with Crippen LogP contribution in [0.15, 0.2) is 224 Å². The number of hydrogen-bond acceptors (Lipinski definition) is 2. The van der Waals surface area contributed by atoms with Gasteiger partial charge in [-0.05, 0) is 109 Å². The predicted octanol–water partition coefficient (Wildman–Crippen LogP) is 15.9. The number of anilines is 3. The van der Waals surface area contributed by atoms with E-state index >= 15 is 0 Å². The highest BCUT2D eigenvalue weighted by Gasteiger charge is 2.45. The first-order chi connectivity index (χ1) is 29.3. The molecule has 1 aliphatic carbocycles. The third kappa shape index (κ3) is 5.17. The van der Waals surface area contributed by atoms with Gasteiger partial charge in [0.2, 0.25) is 0 Å². The van der Waals surface area contributed by atoms with E-state index in [1.165, 1.54) is 86.2 Å². The minimum Gasteiger partial charge on any atom is -0.310 e. The fourth-order valence-corrected chi connectivity index (χ4v) is 11.0. The number of thiophene rings is 1. The average Bonchev–Trinajstić information content (AvgIpc) is 3.84. The van der Waals surface area contributed by atoms with Crippen LogP contribution in [0.5, 0.6) is 0 Å². The smallest absolute Gasteiger partial charge is 0.0713 e. The largest absolute Gasteiger partial charge is 0.310 e. The Labute approximate surface area is 347 Å². The van der Waals surface area contributed by atoms with Crippen LogP contribution in [0.2, 0.25) is 0 Å². The molecule has 0 saturated heterocycles. The van der Waals surface area contributed by atoms with Crippen molar-refractivity contribution in [2.24, 2.45) is 0 Å². The second-order valence-electron chi connectivity index (χ2n) is 15.6. The Morgan fingerprint density at radius 1 is 0.339 bits per heavy atom. The lowest BCUT2D eigenvalue weighted by Gasteiger charge is -2.34. The van der Waals surface area contributed by atoms with Gasteiger partial charge in [0, 0.05) is 36.9 Å². The van der Waals surface area contributed by atoms with Gasteiger partial charge in [0.15, 0.2) is 0 Å². The first-order valence-corrected chi connectivity index (χ1v) is 21.2. The van der Waals surface area contributed by atoms with Crippen LogP contribution < -0.4 is 4.90 Å². The summed E-state index contributed by atoms with van der Waals surface area (Å²) in [4.78, 5) is 2.45. The van der Waals surface area contributed by atoms with E-state index in [4.69, 9.17) is 0 Å². The van der Waals surface area contributed by atoms with Crippen molar-refractivity contribution >= 4 is 70.1 Å². The maximum Gasteiger partial charge on any atom is 0.0713 e. The van der Waals surface area contributed by atoms with Crippen molar-refractivity contribution in [3.8, 4) is 22.3 Å². The van der Waals surface area contributed by atoms with Gasteiger partial charge in [-0.3, -0.25) is 0 Å². The Morgan fingerprint density at radius 3 is 1.59 bits per heavy atom. The molecule has 0 unspecified atom stereocenters. The van der Waals surface area contributed by atoms with E-state index < -0.39 is 5.41 Å². The zero-order chi connectivity index (χ0) is 38.9. The Kier molecular flexibility index (Phi) is 7.69. The first kappa shape index (κ1) is 33.8. The van der Waals surface area contributed by atoms with E-state index in [0.29, 0.717) is 0 Å². The number of hydrogen-bond donors (Lipinski definition) is 0. The summed E-state index contributed by atoms with van der Waals surface area (Å²) in [5, 5.41) is 7.58. The summed E-state index contributed by atoms with van der Waals surface area (Å²) < 4.78 is 2.65. The Bertz CT molecular complexity index is 3330. The third-order valence-corrected chi connectivity index (χ3v) is 13.7. The minimum absolute atomic E-state index is 0.454. The summed E-state index contributed by atoms with van der Waals surface area (Å²) in [7, 11) is 0. The van der Waals surface area contributed by atoms with E-state index in [-0.39, 0.29) is 0 Å². The maximum absolute atomic E-state index is 2.45. The van der Waals surface area contributed by atoms with Crippen LogP contribution in [0, 0.1) is 0 Å². The van der Waals surface area contributed by atoms with Gasteiger partial charge in [-0.1, -0.05) is 176 Å². The molecule has 0 N–H and O–H groups in total. The number of rotatable bonds is 6. The van der Waals surface area contributed by atoms with Crippen LogP contribution in [-0.2, 0) is 5.41 Å². The lowest BCUT2D eigenvalue weighted by atomic mass is 9.68. The molecule has 276 valence electrons. The van der Waals surface area contributed by atoms with Crippen molar-refractivity contribution in [3.05, 3.63) is 247 Å². The molecule has 0 amide bonds. The van der Waals surface area contributed by atoms with Crippen LogP contribution in [0.4, 0.5) is 17.1 Å². The van der Waals surface area contributed by atoms with E-state index in [9.17, 15) is 0 Å². The van der Waals surface area contributed by atoms with Crippen LogP contribution in [0.3, 0.4) is 0 Å². The fourth-order valence-electron chi connectivity index (χ4n) is 9.93. The molecule has 0 aliphatic heterocycles. The molecule has 1 aromatic heterocycles. The van der Waals surface area contributed by atoms with Gasteiger partial charge in [-0.2, -0.15) is 0 Å². The van der Waals surface area contributed by atoms with Crippen molar-refractivity contribution in [1.82, 2.24) is 0 Å². The zero-order valence-corrected chi connectivity index (χ0v) is 33.0. The number of fused-ring (bicyclic) bond motifs is 9. The highest BCUT2D eigenvalue weighted by molar-refractivity contribution is 7.25. The highest BCUT2D eigenvalue weighted by atomic mass is 32.1. The molecule has 11 aromatic rings. The van der Waals surface area contributed by atoms with Crippen molar-refractivity contribution in [2.45, 2.75) is 5.41 Å². The summed E-state index contributed by atoms with van der Waals surface area (Å²) in [6.07, 6.45) is 0. The van der Waals surface area contributed by atoms with Gasteiger partial charge >= 0.3 is 0 Å². The molecular formula is C57H37NS. The molecule has 1 heterocycles. The normalized spacial score (nSPS) is 12.9. The van der Waals surface area contributed by atoms with Crippen LogP contribution in [-0.4, -0.2) is 0 Å². The Morgan fingerprint density at radius 2 is 0.864 bits per heavy atom. The van der Waals surface area contributed by atoms with Gasteiger partial charge < -0.3 is 4.90 Å². The summed E-state index contributed by atoms with van der Waals surface area (Å²) in [5.41, 5.74) is 13.1. The van der Waals surface area contributed by atoms with E-state index in [1.807, 2.05) is 11.3 Å². The van der Waals surface area contributed by atoms with Crippen molar-refractivity contribution < 1.29 is 0 Å². The van der Waals surface area contributed by atoms with Crippen molar-refractivity contribution in [1.29, 1.82) is 0 Å². The summed E-state index contributed by atoms with van der Waals surface area (Å²) >= 11 is 1.86. The molecule has 2 heteroatoms.